The van der Waals surface area contributed by atoms with Gasteiger partial charge in [0.25, 0.3) is 0 Å². The van der Waals surface area contributed by atoms with Gasteiger partial charge in [-0.1, -0.05) is 45.9 Å². The molecular weight excluding hydrogens is 218 g/mol. The highest BCUT2D eigenvalue weighted by atomic mass is 14.7. The minimum Gasteiger partial charge on any atom is -0.256 e. The summed E-state index contributed by atoms with van der Waals surface area (Å²) >= 11 is 0. The van der Waals surface area contributed by atoms with E-state index in [1.165, 1.54) is 16.7 Å². The zero-order valence-electron chi connectivity index (χ0n) is 11.6. The number of aromatic nitrogens is 1. The van der Waals surface area contributed by atoms with Crippen LogP contribution in [-0.4, -0.2) is 4.98 Å². The smallest absolute Gasteiger partial charge is 0.0704 e. The molecule has 0 spiro atoms. The molecule has 1 nitrogen and oxygen atoms in total. The van der Waals surface area contributed by atoms with Gasteiger partial charge in [-0.3, -0.25) is 4.98 Å². The summed E-state index contributed by atoms with van der Waals surface area (Å²) in [5.74, 6) is 1.10. The number of rotatable bonds is 3. The van der Waals surface area contributed by atoms with Crippen molar-refractivity contribution in [3.05, 3.63) is 53.7 Å². The maximum Gasteiger partial charge on any atom is 0.0704 e. The Hall–Kier alpha value is -1.63. The molecule has 1 heterocycles. The molecule has 0 saturated heterocycles. The lowest BCUT2D eigenvalue weighted by Gasteiger charge is -2.10. The lowest BCUT2D eigenvalue weighted by molar-refractivity contribution is 0.862. The molecule has 0 aliphatic heterocycles. The molecular formula is C17H21N. The maximum absolute atomic E-state index is 4.49. The summed E-state index contributed by atoms with van der Waals surface area (Å²) < 4.78 is 0. The van der Waals surface area contributed by atoms with Crippen LogP contribution in [0.2, 0.25) is 0 Å². The van der Waals surface area contributed by atoms with Crippen LogP contribution >= 0.6 is 0 Å². The van der Waals surface area contributed by atoms with E-state index in [1.807, 2.05) is 6.20 Å². The van der Waals surface area contributed by atoms with Gasteiger partial charge in [-0.15, -0.1) is 0 Å². The number of nitrogens with zero attached hydrogens (tertiary/aromatic N) is 1. The molecule has 1 heteroatoms. The number of hydrogen-bond donors (Lipinski definition) is 0. The molecule has 0 unspecified atom stereocenters. The van der Waals surface area contributed by atoms with Gasteiger partial charge >= 0.3 is 0 Å². The Balaban J connectivity index is 2.42. The van der Waals surface area contributed by atoms with Crippen molar-refractivity contribution < 1.29 is 0 Å². The number of pyridine rings is 1. The summed E-state index contributed by atoms with van der Waals surface area (Å²) in [6.45, 7) is 8.86. The predicted octanol–water partition coefficient (Wildman–Crippen LogP) is 5.00. The summed E-state index contributed by atoms with van der Waals surface area (Å²) in [6, 6.07) is 13.0. The standard InChI is InChI=1S/C17H21N/c1-12(2)14-6-5-7-16(10-14)17-11-15(13(3)4)8-9-18-17/h5-13H,1-4H3. The Morgan fingerprint density at radius 1 is 0.833 bits per heavy atom. The van der Waals surface area contributed by atoms with Crippen molar-refractivity contribution in [3.8, 4) is 11.3 Å². The minimum absolute atomic E-state index is 0.542. The minimum atomic E-state index is 0.542. The molecule has 0 aliphatic carbocycles. The van der Waals surface area contributed by atoms with E-state index in [0.717, 1.165) is 5.69 Å². The molecule has 1 aromatic heterocycles. The van der Waals surface area contributed by atoms with Crippen LogP contribution in [-0.2, 0) is 0 Å². The second-order valence-corrected chi connectivity index (χ2v) is 5.41. The molecule has 0 saturated carbocycles. The van der Waals surface area contributed by atoms with E-state index < -0.39 is 0 Å². The van der Waals surface area contributed by atoms with Gasteiger partial charge in [-0.25, -0.2) is 0 Å². The molecule has 0 aliphatic rings. The van der Waals surface area contributed by atoms with E-state index in [-0.39, 0.29) is 0 Å². The van der Waals surface area contributed by atoms with Crippen LogP contribution in [0.1, 0.15) is 50.7 Å². The first-order chi connectivity index (χ1) is 8.58. The Morgan fingerprint density at radius 3 is 2.17 bits per heavy atom. The molecule has 0 fully saturated rings. The quantitative estimate of drug-likeness (QED) is 0.735. The van der Waals surface area contributed by atoms with E-state index in [2.05, 4.69) is 69.1 Å². The fourth-order valence-electron chi connectivity index (χ4n) is 2.02. The van der Waals surface area contributed by atoms with E-state index >= 15 is 0 Å². The molecule has 1 aromatic carbocycles. The second kappa shape index (κ2) is 5.34. The predicted molar refractivity (Wildman–Crippen MR) is 77.9 cm³/mol. The third-order valence-electron chi connectivity index (χ3n) is 3.30. The fourth-order valence-corrected chi connectivity index (χ4v) is 2.02. The highest BCUT2D eigenvalue weighted by Gasteiger charge is 2.05. The Morgan fingerprint density at radius 2 is 1.50 bits per heavy atom. The third kappa shape index (κ3) is 2.79. The number of benzene rings is 1. The fraction of sp³-hybridized carbons (Fsp3) is 0.353. The maximum atomic E-state index is 4.49. The molecule has 0 radical (unpaired) electrons. The van der Waals surface area contributed by atoms with Gasteiger partial charge in [0.2, 0.25) is 0 Å². The Kier molecular flexibility index (Phi) is 3.81. The molecule has 0 amide bonds. The second-order valence-electron chi connectivity index (χ2n) is 5.41. The van der Waals surface area contributed by atoms with Crippen molar-refractivity contribution >= 4 is 0 Å². The van der Waals surface area contributed by atoms with Crippen molar-refractivity contribution in [1.82, 2.24) is 4.98 Å². The summed E-state index contributed by atoms with van der Waals surface area (Å²) in [5, 5.41) is 0. The van der Waals surface area contributed by atoms with Crippen LogP contribution in [0.4, 0.5) is 0 Å². The van der Waals surface area contributed by atoms with Crippen LogP contribution in [0.5, 0.6) is 0 Å². The third-order valence-corrected chi connectivity index (χ3v) is 3.30. The van der Waals surface area contributed by atoms with Crippen LogP contribution in [0, 0.1) is 0 Å². The molecule has 2 rings (SSSR count). The van der Waals surface area contributed by atoms with Crippen molar-refractivity contribution in [1.29, 1.82) is 0 Å². The Labute approximate surface area is 110 Å². The summed E-state index contributed by atoms with van der Waals surface area (Å²) in [6.07, 6.45) is 1.91. The molecule has 0 atom stereocenters. The highest BCUT2D eigenvalue weighted by molar-refractivity contribution is 5.61. The number of hydrogen-bond acceptors (Lipinski definition) is 1. The first-order valence-corrected chi connectivity index (χ1v) is 6.64. The van der Waals surface area contributed by atoms with Crippen LogP contribution in [0.15, 0.2) is 42.6 Å². The van der Waals surface area contributed by atoms with E-state index in [9.17, 15) is 0 Å². The largest absolute Gasteiger partial charge is 0.256 e. The van der Waals surface area contributed by atoms with Crippen molar-refractivity contribution in [2.75, 3.05) is 0 Å². The van der Waals surface area contributed by atoms with E-state index in [0.29, 0.717) is 11.8 Å². The van der Waals surface area contributed by atoms with Crippen LogP contribution in [0.3, 0.4) is 0 Å². The van der Waals surface area contributed by atoms with Gasteiger partial charge in [0.05, 0.1) is 5.69 Å². The molecule has 0 N–H and O–H groups in total. The average Bonchev–Trinajstić information content (AvgIpc) is 2.39. The SMILES string of the molecule is CC(C)c1cccc(-c2cc(C(C)C)ccn2)c1. The van der Waals surface area contributed by atoms with Gasteiger partial charge < -0.3 is 0 Å². The molecule has 2 aromatic rings. The van der Waals surface area contributed by atoms with Gasteiger partial charge in [0.15, 0.2) is 0 Å². The highest BCUT2D eigenvalue weighted by Crippen LogP contribution is 2.24. The lowest BCUT2D eigenvalue weighted by Crippen LogP contribution is -1.92. The van der Waals surface area contributed by atoms with E-state index in [4.69, 9.17) is 0 Å². The van der Waals surface area contributed by atoms with Gasteiger partial charge in [0.1, 0.15) is 0 Å². The van der Waals surface area contributed by atoms with E-state index in [1.54, 1.807) is 0 Å². The van der Waals surface area contributed by atoms with Gasteiger partial charge in [0, 0.05) is 11.8 Å². The summed E-state index contributed by atoms with van der Waals surface area (Å²) in [7, 11) is 0. The Bertz CT molecular complexity index is 477. The topological polar surface area (TPSA) is 12.9 Å². The van der Waals surface area contributed by atoms with Gasteiger partial charge in [-0.05, 0) is 41.2 Å². The zero-order chi connectivity index (χ0) is 13.1. The molecule has 18 heavy (non-hydrogen) atoms. The summed E-state index contributed by atoms with van der Waals surface area (Å²) in [5.41, 5.74) is 4.99. The van der Waals surface area contributed by atoms with Crippen molar-refractivity contribution in [3.63, 3.8) is 0 Å². The summed E-state index contributed by atoms with van der Waals surface area (Å²) in [4.78, 5) is 4.49. The molecule has 0 bridgehead atoms. The van der Waals surface area contributed by atoms with Gasteiger partial charge in [-0.2, -0.15) is 0 Å². The zero-order valence-corrected chi connectivity index (χ0v) is 11.6. The normalized spacial score (nSPS) is 11.2. The monoisotopic (exact) mass is 239 g/mol. The first kappa shape index (κ1) is 12.8. The molecule has 94 valence electrons. The van der Waals surface area contributed by atoms with Crippen LogP contribution < -0.4 is 0 Å². The van der Waals surface area contributed by atoms with Crippen molar-refractivity contribution in [2.24, 2.45) is 0 Å². The first-order valence-electron chi connectivity index (χ1n) is 6.64. The van der Waals surface area contributed by atoms with Crippen LogP contribution in [0.25, 0.3) is 11.3 Å². The van der Waals surface area contributed by atoms with Crippen molar-refractivity contribution in [2.45, 2.75) is 39.5 Å². The lowest BCUT2D eigenvalue weighted by atomic mass is 9.97. The average molecular weight is 239 g/mol.